The summed E-state index contributed by atoms with van der Waals surface area (Å²) < 4.78 is 0. The standard InChI is InChI=1S/C4H4NP/c1-2-5-4-6-3-1/h1-4H. The van der Waals surface area contributed by atoms with Crippen LogP contribution in [0.1, 0.15) is 0 Å². The quantitative estimate of drug-likeness (QED) is 0.479. The van der Waals surface area contributed by atoms with Crippen molar-refractivity contribution in [3.8, 4) is 0 Å². The van der Waals surface area contributed by atoms with E-state index in [-0.39, 0.29) is 0 Å². The molecule has 0 fully saturated rings. The average Bonchev–Trinajstić information content (AvgIpc) is 1.72. The molecule has 0 aliphatic rings. The van der Waals surface area contributed by atoms with Crippen LogP contribution in [0.15, 0.2) is 24.0 Å². The predicted octanol–water partition coefficient (Wildman–Crippen LogP) is 1.66. The molecule has 0 spiro atoms. The molecule has 0 aromatic carbocycles. The topological polar surface area (TPSA) is 12.9 Å². The highest BCUT2D eigenvalue weighted by atomic mass is 31.0. The molecule has 1 aromatic rings. The van der Waals surface area contributed by atoms with Crippen molar-refractivity contribution in [2.75, 3.05) is 0 Å². The lowest BCUT2D eigenvalue weighted by atomic mass is 10.8. The molecule has 0 N–H and O–H groups in total. The van der Waals surface area contributed by atoms with E-state index in [0.29, 0.717) is 0 Å². The third-order valence-corrected chi connectivity index (χ3v) is 1.09. The van der Waals surface area contributed by atoms with Gasteiger partial charge in [-0.05, 0) is 11.9 Å². The van der Waals surface area contributed by atoms with E-state index in [1.807, 2.05) is 17.8 Å². The van der Waals surface area contributed by atoms with Crippen LogP contribution in [0.2, 0.25) is 0 Å². The van der Waals surface area contributed by atoms with Crippen molar-refractivity contribution in [1.29, 1.82) is 0 Å². The van der Waals surface area contributed by atoms with Crippen LogP contribution in [-0.4, -0.2) is 4.98 Å². The van der Waals surface area contributed by atoms with Gasteiger partial charge in [-0.1, -0.05) is 8.19 Å². The van der Waals surface area contributed by atoms with Crippen molar-refractivity contribution >= 4 is 8.19 Å². The second-order valence-corrected chi connectivity index (χ2v) is 1.73. The Morgan fingerprint density at radius 1 is 1.50 bits per heavy atom. The summed E-state index contributed by atoms with van der Waals surface area (Å²) in [5, 5.41) is 0. The summed E-state index contributed by atoms with van der Waals surface area (Å²) >= 11 is 0. The first kappa shape index (κ1) is 3.76. The second kappa shape index (κ2) is 1.89. The molecule has 2 heteroatoms. The van der Waals surface area contributed by atoms with Gasteiger partial charge >= 0.3 is 0 Å². The molecular formula is C4H4NP. The SMILES string of the molecule is c1cncpc1. The van der Waals surface area contributed by atoms with Crippen LogP contribution in [0.5, 0.6) is 0 Å². The summed E-state index contributed by atoms with van der Waals surface area (Å²) in [7, 11) is 1.19. The van der Waals surface area contributed by atoms with Crippen LogP contribution >= 0.6 is 8.19 Å². The van der Waals surface area contributed by atoms with Crippen molar-refractivity contribution in [2.45, 2.75) is 0 Å². The van der Waals surface area contributed by atoms with E-state index < -0.39 is 0 Å². The fraction of sp³-hybridized carbons (Fsp3) is 0. The minimum Gasteiger partial charge on any atom is -0.260 e. The highest BCUT2D eigenvalue weighted by Crippen LogP contribution is 1.94. The first-order chi connectivity index (χ1) is 3.00. The molecular weight excluding hydrogens is 93.0 g/mol. The maximum Gasteiger partial charge on any atom is 0.0538 e. The molecule has 0 aliphatic heterocycles. The number of hydrogen-bond acceptors (Lipinski definition) is 1. The Bertz CT molecular complexity index is 79.5. The molecule has 1 rings (SSSR count). The van der Waals surface area contributed by atoms with Crippen LogP contribution < -0.4 is 0 Å². The molecule has 0 aliphatic carbocycles. The van der Waals surface area contributed by atoms with E-state index in [1.54, 1.807) is 6.20 Å². The zero-order valence-corrected chi connectivity index (χ0v) is 4.10. The fourth-order valence-corrected chi connectivity index (χ4v) is 0.661. The average molecular weight is 97.1 g/mol. The predicted molar refractivity (Wildman–Crippen MR) is 26.7 cm³/mol. The van der Waals surface area contributed by atoms with Gasteiger partial charge in [0.05, 0.1) is 5.93 Å². The van der Waals surface area contributed by atoms with Crippen LogP contribution in [0.3, 0.4) is 0 Å². The maximum atomic E-state index is 3.83. The number of nitrogens with zero attached hydrogens (tertiary/aromatic N) is 1. The van der Waals surface area contributed by atoms with Crippen LogP contribution in [0.4, 0.5) is 0 Å². The van der Waals surface area contributed by atoms with Crippen LogP contribution in [-0.2, 0) is 0 Å². The molecule has 6 heavy (non-hydrogen) atoms. The second-order valence-electron chi connectivity index (χ2n) is 0.904. The van der Waals surface area contributed by atoms with Gasteiger partial charge in [0.1, 0.15) is 0 Å². The number of rotatable bonds is 0. The first-order valence-corrected chi connectivity index (χ1v) is 2.73. The molecule has 0 atom stereocenters. The van der Waals surface area contributed by atoms with Gasteiger partial charge in [-0.15, -0.1) is 0 Å². The number of aromatic nitrogens is 1. The normalized spacial score (nSPS) is 9.33. The Balaban J connectivity index is 3.00. The van der Waals surface area contributed by atoms with E-state index in [0.717, 1.165) is 0 Å². The zero-order chi connectivity index (χ0) is 4.24. The summed E-state index contributed by atoms with van der Waals surface area (Å²) in [6.07, 6.45) is 1.77. The molecule has 0 unspecified atom stereocenters. The molecule has 1 aromatic heterocycles. The summed E-state index contributed by atoms with van der Waals surface area (Å²) in [4.78, 5) is 3.83. The van der Waals surface area contributed by atoms with Crippen LogP contribution in [0.25, 0.3) is 0 Å². The first-order valence-electron chi connectivity index (χ1n) is 1.70. The van der Waals surface area contributed by atoms with Gasteiger partial charge in [0, 0.05) is 6.20 Å². The van der Waals surface area contributed by atoms with Gasteiger partial charge in [0.25, 0.3) is 0 Å². The Morgan fingerprint density at radius 2 is 2.50 bits per heavy atom. The maximum absolute atomic E-state index is 3.83. The van der Waals surface area contributed by atoms with Gasteiger partial charge in [-0.25, -0.2) is 0 Å². The third-order valence-electron chi connectivity index (χ3n) is 0.478. The summed E-state index contributed by atoms with van der Waals surface area (Å²) in [5.74, 6) is 3.88. The van der Waals surface area contributed by atoms with Gasteiger partial charge in [-0.2, -0.15) is 0 Å². The molecule has 0 bridgehead atoms. The molecule has 1 nitrogen and oxygen atoms in total. The van der Waals surface area contributed by atoms with E-state index in [2.05, 4.69) is 4.98 Å². The minimum atomic E-state index is 1.19. The third kappa shape index (κ3) is 0.765. The van der Waals surface area contributed by atoms with E-state index in [9.17, 15) is 0 Å². The lowest BCUT2D eigenvalue weighted by Gasteiger charge is -1.69. The van der Waals surface area contributed by atoms with E-state index in [4.69, 9.17) is 0 Å². The van der Waals surface area contributed by atoms with Gasteiger partial charge in [-0.3, -0.25) is 4.98 Å². The molecule has 1 heterocycles. The van der Waals surface area contributed by atoms with Gasteiger partial charge in [0.15, 0.2) is 0 Å². The Morgan fingerprint density at radius 3 is 2.67 bits per heavy atom. The minimum absolute atomic E-state index is 1.19. The van der Waals surface area contributed by atoms with Crippen molar-refractivity contribution in [3.05, 3.63) is 24.0 Å². The lowest BCUT2D eigenvalue weighted by molar-refractivity contribution is 1.39. The molecule has 30 valence electrons. The Labute approximate surface area is 38.1 Å². The van der Waals surface area contributed by atoms with Crippen molar-refractivity contribution in [2.24, 2.45) is 0 Å². The summed E-state index contributed by atoms with van der Waals surface area (Å²) in [6.45, 7) is 0. The highest BCUT2D eigenvalue weighted by molar-refractivity contribution is 7.27. The smallest absolute Gasteiger partial charge is 0.0538 e. The van der Waals surface area contributed by atoms with Crippen molar-refractivity contribution in [1.82, 2.24) is 4.98 Å². The van der Waals surface area contributed by atoms with E-state index in [1.165, 1.54) is 8.19 Å². The molecule has 0 amide bonds. The van der Waals surface area contributed by atoms with Crippen LogP contribution in [0, 0.1) is 0 Å². The zero-order valence-electron chi connectivity index (χ0n) is 3.20. The Kier molecular flexibility index (Phi) is 1.18. The molecule has 0 saturated heterocycles. The lowest BCUT2D eigenvalue weighted by Crippen LogP contribution is -1.52. The van der Waals surface area contributed by atoms with Gasteiger partial charge < -0.3 is 0 Å². The van der Waals surface area contributed by atoms with Crippen molar-refractivity contribution < 1.29 is 0 Å². The highest BCUT2D eigenvalue weighted by Gasteiger charge is 1.59. The Hall–Kier alpha value is -0.420. The van der Waals surface area contributed by atoms with Gasteiger partial charge in [0.2, 0.25) is 0 Å². The van der Waals surface area contributed by atoms with E-state index >= 15 is 0 Å². The fourth-order valence-electron chi connectivity index (χ4n) is 0.253. The summed E-state index contributed by atoms with van der Waals surface area (Å²) in [5.41, 5.74) is 0. The monoisotopic (exact) mass is 97.0 g/mol. The molecule has 0 radical (unpaired) electrons. The largest absolute Gasteiger partial charge is 0.260 e. The van der Waals surface area contributed by atoms with Crippen molar-refractivity contribution in [3.63, 3.8) is 0 Å². The summed E-state index contributed by atoms with van der Waals surface area (Å²) in [6, 6.07) is 1.93. The molecule has 0 saturated carbocycles. The number of hydrogen-bond donors (Lipinski definition) is 0.